The Bertz CT molecular complexity index is 1450. The number of hydrogen-bond acceptors (Lipinski definition) is 5. The molecule has 8 nitrogen and oxygen atoms in total. The maximum absolute atomic E-state index is 13.1. The normalized spacial score (nSPS) is 11.3. The molecule has 0 spiro atoms. The Hall–Kier alpha value is -4.27. The Morgan fingerprint density at radius 2 is 1.94 bits per heavy atom. The minimum Gasteiger partial charge on any atom is -0.451 e. The maximum atomic E-state index is 13.1. The summed E-state index contributed by atoms with van der Waals surface area (Å²) >= 11 is 0. The largest absolute Gasteiger partial charge is 0.451 e. The predicted molar refractivity (Wildman–Crippen MR) is 116 cm³/mol. The van der Waals surface area contributed by atoms with Crippen LogP contribution < -0.4 is 10.9 Å². The van der Waals surface area contributed by atoms with Gasteiger partial charge in [-0.25, -0.2) is 14.1 Å². The first-order chi connectivity index (χ1) is 15.6. The zero-order valence-electron chi connectivity index (χ0n) is 16.9. The molecule has 0 bridgehead atoms. The third-order valence-corrected chi connectivity index (χ3v) is 5.15. The number of halogens is 1. The quantitative estimate of drug-likeness (QED) is 0.446. The molecule has 0 aliphatic rings. The molecule has 160 valence electrons. The highest BCUT2D eigenvalue weighted by molar-refractivity contribution is 5.96. The fourth-order valence-corrected chi connectivity index (χ4v) is 3.52. The van der Waals surface area contributed by atoms with Crippen LogP contribution in [0, 0.1) is 5.82 Å². The van der Waals surface area contributed by atoms with Crippen molar-refractivity contribution in [2.24, 2.45) is 0 Å². The lowest BCUT2D eigenvalue weighted by atomic mass is 10.2. The highest BCUT2D eigenvalue weighted by atomic mass is 19.1. The smallest absolute Gasteiger partial charge is 0.287 e. The molecule has 1 N–H and O–H groups in total. The number of rotatable bonds is 6. The second-order valence-corrected chi connectivity index (χ2v) is 7.31. The van der Waals surface area contributed by atoms with Gasteiger partial charge >= 0.3 is 0 Å². The summed E-state index contributed by atoms with van der Waals surface area (Å²) in [5, 5.41) is 8.26. The molecular weight excluding hydrogens is 413 g/mol. The number of hydrogen-bond donors (Lipinski definition) is 1. The second-order valence-electron chi connectivity index (χ2n) is 7.31. The van der Waals surface area contributed by atoms with E-state index in [-0.39, 0.29) is 36.1 Å². The monoisotopic (exact) mass is 431 g/mol. The van der Waals surface area contributed by atoms with Crippen LogP contribution in [0.3, 0.4) is 0 Å². The van der Waals surface area contributed by atoms with Gasteiger partial charge < -0.3 is 9.73 Å². The van der Waals surface area contributed by atoms with Crippen molar-refractivity contribution in [1.82, 2.24) is 24.6 Å². The number of carbonyl (C=O) groups is 1. The van der Waals surface area contributed by atoms with Crippen LogP contribution >= 0.6 is 0 Å². The topological polar surface area (TPSA) is 95.0 Å². The van der Waals surface area contributed by atoms with Crippen LogP contribution in [-0.2, 0) is 13.1 Å². The summed E-state index contributed by atoms with van der Waals surface area (Å²) in [5.74, 6) is -0.422. The minimum absolute atomic E-state index is 0.235. The maximum Gasteiger partial charge on any atom is 0.287 e. The fraction of sp³-hybridized carbons (Fsp3) is 0.130. The van der Waals surface area contributed by atoms with Gasteiger partial charge in [-0.3, -0.25) is 14.2 Å². The van der Waals surface area contributed by atoms with Crippen LogP contribution in [0.25, 0.3) is 22.0 Å². The number of furan rings is 1. The summed E-state index contributed by atoms with van der Waals surface area (Å²) in [4.78, 5) is 29.5. The Labute approximate surface area is 180 Å². The molecule has 9 heteroatoms. The van der Waals surface area contributed by atoms with Crippen molar-refractivity contribution in [3.8, 4) is 0 Å². The van der Waals surface area contributed by atoms with Crippen LogP contribution in [0.15, 0.2) is 76.3 Å². The Kier molecular flexibility index (Phi) is 4.98. The summed E-state index contributed by atoms with van der Waals surface area (Å²) in [6, 6.07) is 15.0. The first-order valence-electron chi connectivity index (χ1n) is 10.0. The van der Waals surface area contributed by atoms with Crippen molar-refractivity contribution < 1.29 is 13.6 Å². The van der Waals surface area contributed by atoms with Crippen LogP contribution in [0.2, 0.25) is 0 Å². The number of aromatic nitrogens is 4. The van der Waals surface area contributed by atoms with E-state index in [4.69, 9.17) is 4.42 Å². The number of amides is 1. The number of nitrogens with one attached hydrogen (secondary N) is 1. The SMILES string of the molecule is O=C(NCCn1ncc2c(=O)n(Cc3ccc(F)cc3)cnc21)c1cc2ccccc2o1. The lowest BCUT2D eigenvalue weighted by Crippen LogP contribution is -2.27. The lowest BCUT2D eigenvalue weighted by Gasteiger charge is -2.07. The molecule has 0 radical (unpaired) electrons. The van der Waals surface area contributed by atoms with Crippen LogP contribution in [-0.4, -0.2) is 31.8 Å². The van der Waals surface area contributed by atoms with Gasteiger partial charge in [0.05, 0.1) is 19.3 Å². The number of fused-ring (bicyclic) bond motifs is 2. The Morgan fingerprint density at radius 1 is 1.12 bits per heavy atom. The van der Waals surface area contributed by atoms with E-state index in [2.05, 4.69) is 15.4 Å². The Morgan fingerprint density at radius 3 is 2.75 bits per heavy atom. The van der Waals surface area contributed by atoms with E-state index in [1.165, 1.54) is 29.2 Å². The molecule has 0 aliphatic heterocycles. The fourth-order valence-electron chi connectivity index (χ4n) is 3.52. The van der Waals surface area contributed by atoms with Crippen molar-refractivity contribution in [2.45, 2.75) is 13.1 Å². The molecule has 0 unspecified atom stereocenters. The molecular formula is C23H18FN5O3. The summed E-state index contributed by atoms with van der Waals surface area (Å²) < 4.78 is 21.7. The zero-order chi connectivity index (χ0) is 22.1. The van der Waals surface area contributed by atoms with E-state index in [9.17, 15) is 14.0 Å². The molecule has 3 aromatic heterocycles. The van der Waals surface area contributed by atoms with E-state index in [0.29, 0.717) is 23.2 Å². The van der Waals surface area contributed by atoms with E-state index in [1.807, 2.05) is 18.2 Å². The zero-order valence-corrected chi connectivity index (χ0v) is 16.9. The first kappa shape index (κ1) is 19.7. The summed E-state index contributed by atoms with van der Waals surface area (Å²) in [7, 11) is 0. The van der Waals surface area contributed by atoms with Gasteiger partial charge in [-0.15, -0.1) is 0 Å². The first-order valence-corrected chi connectivity index (χ1v) is 10.0. The molecule has 32 heavy (non-hydrogen) atoms. The molecule has 3 heterocycles. The van der Waals surface area contributed by atoms with Crippen molar-refractivity contribution in [1.29, 1.82) is 0 Å². The van der Waals surface area contributed by atoms with Crippen LogP contribution in [0.1, 0.15) is 16.1 Å². The van der Waals surface area contributed by atoms with Gasteiger partial charge in [0.2, 0.25) is 0 Å². The van der Waals surface area contributed by atoms with E-state index < -0.39 is 0 Å². The standard InChI is InChI=1S/C23H18FN5O3/c24-17-7-5-15(6-8-17)13-28-14-26-21-18(23(28)31)12-27-29(21)10-9-25-22(30)20-11-16-3-1-2-4-19(16)32-20/h1-8,11-12,14H,9-10,13H2,(H,25,30). The van der Waals surface area contributed by atoms with Gasteiger partial charge in [-0.2, -0.15) is 5.10 Å². The van der Waals surface area contributed by atoms with Crippen molar-refractivity contribution in [3.05, 3.63) is 94.6 Å². The molecule has 0 saturated carbocycles. The van der Waals surface area contributed by atoms with E-state index >= 15 is 0 Å². The third kappa shape index (κ3) is 3.76. The molecule has 1 amide bonds. The van der Waals surface area contributed by atoms with Crippen LogP contribution in [0.4, 0.5) is 4.39 Å². The molecule has 2 aromatic carbocycles. The molecule has 0 saturated heterocycles. The molecule has 0 atom stereocenters. The summed E-state index contributed by atoms with van der Waals surface area (Å²) in [6.45, 7) is 0.900. The Balaban J connectivity index is 1.27. The van der Waals surface area contributed by atoms with Gasteiger partial charge in [0.1, 0.15) is 23.1 Å². The average molecular weight is 431 g/mol. The van der Waals surface area contributed by atoms with Gasteiger partial charge in [0.15, 0.2) is 11.4 Å². The number of benzene rings is 2. The minimum atomic E-state index is -0.330. The van der Waals surface area contributed by atoms with Crippen molar-refractivity contribution >= 4 is 27.9 Å². The van der Waals surface area contributed by atoms with E-state index in [0.717, 1.165) is 10.9 Å². The van der Waals surface area contributed by atoms with Gasteiger partial charge in [-0.1, -0.05) is 30.3 Å². The average Bonchev–Trinajstić information content (AvgIpc) is 3.42. The van der Waals surface area contributed by atoms with Crippen LogP contribution in [0.5, 0.6) is 0 Å². The summed E-state index contributed by atoms with van der Waals surface area (Å²) in [5.41, 5.74) is 1.63. The molecule has 5 aromatic rings. The molecule has 0 fully saturated rings. The third-order valence-electron chi connectivity index (χ3n) is 5.15. The number of nitrogens with zero attached hydrogens (tertiary/aromatic N) is 4. The molecule has 5 rings (SSSR count). The van der Waals surface area contributed by atoms with Gasteiger partial charge in [-0.05, 0) is 29.8 Å². The van der Waals surface area contributed by atoms with Gasteiger partial charge in [0.25, 0.3) is 11.5 Å². The highest BCUT2D eigenvalue weighted by Gasteiger charge is 2.13. The lowest BCUT2D eigenvalue weighted by molar-refractivity contribution is 0.0926. The molecule has 0 aliphatic carbocycles. The van der Waals surface area contributed by atoms with Gasteiger partial charge in [0, 0.05) is 11.9 Å². The number of carbonyl (C=O) groups excluding carboxylic acids is 1. The van der Waals surface area contributed by atoms with E-state index in [1.54, 1.807) is 28.9 Å². The highest BCUT2D eigenvalue weighted by Crippen LogP contribution is 2.18. The second kappa shape index (κ2) is 8.10. The van der Waals surface area contributed by atoms with Crippen molar-refractivity contribution in [3.63, 3.8) is 0 Å². The number of para-hydroxylation sites is 1. The predicted octanol–water partition coefficient (Wildman–Crippen LogP) is 2.96. The summed E-state index contributed by atoms with van der Waals surface area (Å²) in [6.07, 6.45) is 2.91. The van der Waals surface area contributed by atoms with Crippen molar-refractivity contribution in [2.75, 3.05) is 6.54 Å².